The van der Waals surface area contributed by atoms with Crippen molar-refractivity contribution in [3.63, 3.8) is 0 Å². The highest BCUT2D eigenvalue weighted by molar-refractivity contribution is 5.89. The van der Waals surface area contributed by atoms with Crippen molar-refractivity contribution in [2.45, 2.75) is 71.6 Å². The van der Waals surface area contributed by atoms with E-state index in [2.05, 4.69) is 248 Å². The van der Waals surface area contributed by atoms with Gasteiger partial charge in [0.1, 0.15) is 0 Å². The molecule has 0 unspecified atom stereocenters. The Hall–Kier alpha value is -6.96. The molecule has 0 amide bonds. The van der Waals surface area contributed by atoms with Gasteiger partial charge in [0.05, 0.1) is 0 Å². The minimum atomic E-state index is -0.177. The molecule has 0 N–H and O–H groups in total. The van der Waals surface area contributed by atoms with Gasteiger partial charge in [-0.15, -0.1) is 0 Å². The fraction of sp³-hybridized carbons (Fsp3) is 0.175. The fourth-order valence-corrected chi connectivity index (χ4v) is 11.2. The summed E-state index contributed by atoms with van der Waals surface area (Å²) in [5.74, 6) is 0. The lowest BCUT2D eigenvalue weighted by Crippen LogP contribution is -2.16. The van der Waals surface area contributed by atoms with Crippen LogP contribution >= 0.6 is 0 Å². The van der Waals surface area contributed by atoms with E-state index in [1.54, 1.807) is 0 Å². The summed E-state index contributed by atoms with van der Waals surface area (Å²) in [6, 6.07) is 62.0. The smallest absolute Gasteiger partial charge is 0.0465 e. The second-order valence-corrected chi connectivity index (χ2v) is 19.9. The maximum absolute atomic E-state index is 2.44. The lowest BCUT2D eigenvalue weighted by Gasteiger charge is -2.28. The number of hydrogen-bond donors (Lipinski definition) is 0. The van der Waals surface area contributed by atoms with Crippen LogP contribution in [0.4, 0.5) is 17.1 Å². The van der Waals surface area contributed by atoms with Gasteiger partial charge in [0, 0.05) is 33.3 Å². The van der Waals surface area contributed by atoms with Crippen LogP contribution in [0.25, 0.3) is 62.7 Å². The van der Waals surface area contributed by atoms with E-state index in [1.807, 2.05) is 0 Å². The average Bonchev–Trinajstić information content (AvgIpc) is 3.78. The SMILES string of the molecule is CC=Cc1ccc2c(c1)C(C)(C)c1cc(C=Cc3ccc4c(c3)C(C)(C)c3cc(N(c5ccc(C)cc5)c5ccc(-c6ccc7c(c6)C(C)(C)c6ccccc6-7)cc5)ccc3-4)ccc1-2. The van der Waals surface area contributed by atoms with Crippen LogP contribution < -0.4 is 4.90 Å². The molecule has 0 fully saturated rings. The second kappa shape index (κ2) is 14.5. The minimum absolute atomic E-state index is 0.0328. The normalized spacial score (nSPS) is 15.4. The van der Waals surface area contributed by atoms with Crippen LogP contribution in [0.2, 0.25) is 0 Å². The van der Waals surface area contributed by atoms with E-state index in [-0.39, 0.29) is 16.2 Å². The lowest BCUT2D eigenvalue weighted by atomic mass is 9.81. The average molecular weight is 826 g/mol. The summed E-state index contributed by atoms with van der Waals surface area (Å²) in [4.78, 5) is 2.41. The number of allylic oxidation sites excluding steroid dienone is 1. The molecule has 0 aliphatic heterocycles. The van der Waals surface area contributed by atoms with E-state index in [4.69, 9.17) is 0 Å². The molecule has 0 radical (unpaired) electrons. The van der Waals surface area contributed by atoms with Gasteiger partial charge in [-0.2, -0.15) is 0 Å². The Bertz CT molecular complexity index is 3240. The zero-order chi connectivity index (χ0) is 44.1. The first-order chi connectivity index (χ1) is 30.8. The molecular weight excluding hydrogens is 771 g/mol. The van der Waals surface area contributed by atoms with Gasteiger partial charge >= 0.3 is 0 Å². The topological polar surface area (TPSA) is 3.24 Å². The summed E-state index contributed by atoms with van der Waals surface area (Å²) in [5.41, 5.74) is 27.0. The van der Waals surface area contributed by atoms with E-state index >= 15 is 0 Å². The van der Waals surface area contributed by atoms with Crippen molar-refractivity contribution in [3.05, 3.63) is 226 Å². The molecule has 0 atom stereocenters. The number of benzene rings is 8. The Morgan fingerprint density at radius 2 is 0.734 bits per heavy atom. The van der Waals surface area contributed by atoms with Gasteiger partial charge in [0.15, 0.2) is 0 Å². The first kappa shape index (κ1) is 39.9. The molecule has 8 aromatic rings. The van der Waals surface area contributed by atoms with Gasteiger partial charge in [-0.1, -0.05) is 193 Å². The molecule has 1 heteroatoms. The summed E-state index contributed by atoms with van der Waals surface area (Å²) in [6.45, 7) is 18.4. The molecular formula is C63H55N. The van der Waals surface area contributed by atoms with Crippen LogP contribution in [0.15, 0.2) is 170 Å². The molecule has 0 saturated carbocycles. The zero-order valence-corrected chi connectivity index (χ0v) is 38.3. The fourth-order valence-electron chi connectivity index (χ4n) is 11.2. The maximum atomic E-state index is 2.44. The van der Waals surface area contributed by atoms with Crippen LogP contribution in [-0.2, 0) is 16.2 Å². The molecule has 8 aromatic carbocycles. The highest BCUT2D eigenvalue weighted by Gasteiger charge is 2.38. The molecule has 3 aliphatic carbocycles. The first-order valence-corrected chi connectivity index (χ1v) is 22.9. The highest BCUT2D eigenvalue weighted by atomic mass is 15.1. The largest absolute Gasteiger partial charge is 0.310 e. The Morgan fingerprint density at radius 3 is 1.28 bits per heavy atom. The van der Waals surface area contributed by atoms with Crippen molar-refractivity contribution < 1.29 is 0 Å². The number of anilines is 3. The molecule has 11 rings (SSSR count). The summed E-state index contributed by atoms with van der Waals surface area (Å²) >= 11 is 0. The van der Waals surface area contributed by atoms with Gasteiger partial charge < -0.3 is 4.90 Å². The molecule has 1 nitrogen and oxygen atoms in total. The minimum Gasteiger partial charge on any atom is -0.310 e. The third-order valence-electron chi connectivity index (χ3n) is 14.8. The number of fused-ring (bicyclic) bond motifs is 9. The second-order valence-electron chi connectivity index (χ2n) is 19.9. The van der Waals surface area contributed by atoms with E-state index in [9.17, 15) is 0 Å². The van der Waals surface area contributed by atoms with Crippen LogP contribution in [0.1, 0.15) is 104 Å². The Balaban J connectivity index is 0.893. The van der Waals surface area contributed by atoms with E-state index in [0.29, 0.717) is 0 Å². The Labute approximate surface area is 380 Å². The number of hydrogen-bond acceptors (Lipinski definition) is 1. The van der Waals surface area contributed by atoms with E-state index < -0.39 is 0 Å². The molecule has 0 spiro atoms. The number of aryl methyl sites for hydroxylation is 1. The highest BCUT2D eigenvalue weighted by Crippen LogP contribution is 2.53. The molecule has 0 heterocycles. The summed E-state index contributed by atoms with van der Waals surface area (Å²) in [5, 5.41) is 0. The van der Waals surface area contributed by atoms with Gasteiger partial charge in [0.25, 0.3) is 0 Å². The molecule has 312 valence electrons. The molecule has 0 bridgehead atoms. The van der Waals surface area contributed by atoms with Gasteiger partial charge in [-0.3, -0.25) is 0 Å². The predicted molar refractivity (Wildman–Crippen MR) is 274 cm³/mol. The van der Waals surface area contributed by atoms with E-state index in [1.165, 1.54) is 100 Å². The van der Waals surface area contributed by atoms with E-state index in [0.717, 1.165) is 17.1 Å². The summed E-state index contributed by atoms with van der Waals surface area (Å²) in [7, 11) is 0. The summed E-state index contributed by atoms with van der Waals surface area (Å²) in [6.07, 6.45) is 8.88. The Kier molecular flexibility index (Phi) is 9.06. The zero-order valence-electron chi connectivity index (χ0n) is 38.3. The van der Waals surface area contributed by atoms with Crippen LogP contribution in [-0.4, -0.2) is 0 Å². The van der Waals surface area contributed by atoms with Crippen LogP contribution in [0.5, 0.6) is 0 Å². The first-order valence-electron chi connectivity index (χ1n) is 22.9. The van der Waals surface area contributed by atoms with Crippen molar-refractivity contribution in [3.8, 4) is 44.5 Å². The monoisotopic (exact) mass is 825 g/mol. The predicted octanol–water partition coefficient (Wildman–Crippen LogP) is 17.3. The van der Waals surface area contributed by atoms with Crippen molar-refractivity contribution in [2.75, 3.05) is 4.90 Å². The van der Waals surface area contributed by atoms with Gasteiger partial charge in [-0.25, -0.2) is 0 Å². The van der Waals surface area contributed by atoms with Gasteiger partial charge in [0.2, 0.25) is 0 Å². The molecule has 0 aromatic heterocycles. The quantitative estimate of drug-likeness (QED) is 0.145. The lowest BCUT2D eigenvalue weighted by molar-refractivity contribution is 0.660. The van der Waals surface area contributed by atoms with Gasteiger partial charge in [-0.05, 0) is 151 Å². The molecule has 3 aliphatic rings. The molecule has 64 heavy (non-hydrogen) atoms. The maximum Gasteiger partial charge on any atom is 0.0465 e. The summed E-state index contributed by atoms with van der Waals surface area (Å²) < 4.78 is 0. The number of rotatable bonds is 7. The van der Waals surface area contributed by atoms with Crippen LogP contribution in [0.3, 0.4) is 0 Å². The van der Waals surface area contributed by atoms with Crippen molar-refractivity contribution in [2.24, 2.45) is 0 Å². The van der Waals surface area contributed by atoms with Crippen molar-refractivity contribution in [1.82, 2.24) is 0 Å². The molecule has 0 saturated heterocycles. The van der Waals surface area contributed by atoms with Crippen molar-refractivity contribution in [1.29, 1.82) is 0 Å². The standard InChI is InChI=1S/C63H55N/c1-9-12-41-19-30-50-51-31-20-42(36-57(51)62(5,6)56(50)35-41)17-18-43-21-32-52-54-34-29-48(39-60(54)63(7,8)58(52)37-43)64(46-25-15-40(2)16-26-46)47-27-22-44(23-28-47)45-24-33-53-49-13-10-11-14-55(49)61(3,4)59(53)38-45/h9-39H,1-8H3. The third kappa shape index (κ3) is 6.20. The van der Waals surface area contributed by atoms with Crippen molar-refractivity contribution >= 4 is 35.3 Å². The third-order valence-corrected chi connectivity index (χ3v) is 14.8. The number of nitrogens with zero attached hydrogens (tertiary/aromatic N) is 1. The van der Waals surface area contributed by atoms with Crippen LogP contribution in [0, 0.1) is 6.92 Å². The Morgan fingerprint density at radius 1 is 0.344 bits per heavy atom.